The van der Waals surface area contributed by atoms with Crippen LogP contribution in [0.5, 0.6) is 0 Å². The molecule has 0 aliphatic carbocycles. The van der Waals surface area contributed by atoms with Gasteiger partial charge >= 0.3 is 0 Å². The zero-order valence-electron chi connectivity index (χ0n) is 11.6. The van der Waals surface area contributed by atoms with Gasteiger partial charge in [0.15, 0.2) is 0 Å². The molecular formula is C15H25NO. The lowest BCUT2D eigenvalue weighted by molar-refractivity contribution is -0.128. The highest BCUT2D eigenvalue weighted by Gasteiger charge is 2.31. The van der Waals surface area contributed by atoms with E-state index in [4.69, 9.17) is 0 Å². The van der Waals surface area contributed by atoms with Gasteiger partial charge in [-0.05, 0) is 43.4 Å². The van der Waals surface area contributed by atoms with Crippen LogP contribution in [0.4, 0.5) is 0 Å². The van der Waals surface area contributed by atoms with Crippen LogP contribution in [0, 0.1) is 29.6 Å². The van der Waals surface area contributed by atoms with Crippen LogP contribution in [0.25, 0.3) is 0 Å². The number of hydrogen-bond donors (Lipinski definition) is 0. The molecule has 2 atom stereocenters. The van der Waals surface area contributed by atoms with Crippen molar-refractivity contribution in [1.82, 2.24) is 4.90 Å². The summed E-state index contributed by atoms with van der Waals surface area (Å²) in [5, 5.41) is 0. The third-order valence-electron chi connectivity index (χ3n) is 3.83. The van der Waals surface area contributed by atoms with Gasteiger partial charge in [0.25, 0.3) is 5.91 Å². The molecule has 17 heavy (non-hydrogen) atoms. The van der Waals surface area contributed by atoms with E-state index in [0.29, 0.717) is 5.92 Å². The number of piperidine rings is 1. The molecule has 0 bridgehead atoms. The van der Waals surface area contributed by atoms with Crippen LogP contribution < -0.4 is 0 Å². The molecule has 2 nitrogen and oxygen atoms in total. The molecule has 1 amide bonds. The first kappa shape index (κ1) is 14.1. The molecule has 1 saturated heterocycles. The first-order chi connectivity index (χ1) is 8.10. The van der Waals surface area contributed by atoms with Crippen LogP contribution in [0.15, 0.2) is 0 Å². The summed E-state index contributed by atoms with van der Waals surface area (Å²) in [6, 6.07) is 0. The SMILES string of the molecule is CC#CC(=O)N1CCC(C(C)C)C(CCC)C1. The van der Waals surface area contributed by atoms with Crippen molar-refractivity contribution in [2.45, 2.75) is 47.0 Å². The third kappa shape index (κ3) is 3.77. The molecule has 0 aromatic heterocycles. The van der Waals surface area contributed by atoms with Gasteiger partial charge in [0.2, 0.25) is 0 Å². The van der Waals surface area contributed by atoms with E-state index in [1.807, 2.05) is 4.90 Å². The summed E-state index contributed by atoms with van der Waals surface area (Å²) in [5.74, 6) is 7.53. The molecule has 1 aliphatic rings. The molecule has 96 valence electrons. The molecule has 0 radical (unpaired) electrons. The van der Waals surface area contributed by atoms with E-state index < -0.39 is 0 Å². The Morgan fingerprint density at radius 3 is 2.71 bits per heavy atom. The summed E-state index contributed by atoms with van der Waals surface area (Å²) in [6.07, 6.45) is 3.57. The van der Waals surface area contributed by atoms with Crippen LogP contribution >= 0.6 is 0 Å². The van der Waals surface area contributed by atoms with E-state index in [9.17, 15) is 4.79 Å². The highest BCUT2D eigenvalue weighted by atomic mass is 16.2. The average Bonchev–Trinajstić information content (AvgIpc) is 2.29. The first-order valence-electron chi connectivity index (χ1n) is 6.81. The van der Waals surface area contributed by atoms with Crippen LogP contribution in [-0.2, 0) is 4.79 Å². The van der Waals surface area contributed by atoms with E-state index >= 15 is 0 Å². The molecule has 2 heteroatoms. The second-order valence-electron chi connectivity index (χ2n) is 5.37. The van der Waals surface area contributed by atoms with Crippen molar-refractivity contribution in [3.63, 3.8) is 0 Å². The standard InChI is InChI=1S/C15H25NO/c1-5-7-13-11-16(15(17)8-6-2)10-9-14(13)12(3)4/h12-14H,5,7,9-11H2,1-4H3. The van der Waals surface area contributed by atoms with Gasteiger partial charge in [0.05, 0.1) is 0 Å². The quantitative estimate of drug-likeness (QED) is 0.689. The Morgan fingerprint density at radius 2 is 2.18 bits per heavy atom. The Bertz CT molecular complexity index is 311. The number of carbonyl (C=O) groups is 1. The highest BCUT2D eigenvalue weighted by molar-refractivity contribution is 5.93. The summed E-state index contributed by atoms with van der Waals surface area (Å²) in [5.41, 5.74) is 0. The van der Waals surface area contributed by atoms with Gasteiger partial charge in [-0.15, -0.1) is 0 Å². The molecule has 0 spiro atoms. The maximum absolute atomic E-state index is 11.8. The summed E-state index contributed by atoms with van der Waals surface area (Å²) in [7, 11) is 0. The minimum atomic E-state index is 0.0100. The number of hydrogen-bond acceptors (Lipinski definition) is 1. The first-order valence-corrected chi connectivity index (χ1v) is 6.81. The van der Waals surface area contributed by atoms with Gasteiger partial charge < -0.3 is 4.90 Å². The monoisotopic (exact) mass is 235 g/mol. The molecule has 0 aromatic rings. The van der Waals surface area contributed by atoms with E-state index in [-0.39, 0.29) is 5.91 Å². The molecule has 0 N–H and O–H groups in total. The fourth-order valence-corrected chi connectivity index (χ4v) is 2.97. The zero-order chi connectivity index (χ0) is 12.8. The van der Waals surface area contributed by atoms with Gasteiger partial charge in [0, 0.05) is 13.1 Å². The topological polar surface area (TPSA) is 20.3 Å². The van der Waals surface area contributed by atoms with Crippen molar-refractivity contribution >= 4 is 5.91 Å². The van der Waals surface area contributed by atoms with E-state index in [1.54, 1.807) is 6.92 Å². The Morgan fingerprint density at radius 1 is 1.47 bits per heavy atom. The molecule has 1 rings (SSSR count). The summed E-state index contributed by atoms with van der Waals surface area (Å²) >= 11 is 0. The lowest BCUT2D eigenvalue weighted by Gasteiger charge is -2.40. The largest absolute Gasteiger partial charge is 0.332 e. The maximum atomic E-state index is 11.8. The van der Waals surface area contributed by atoms with Crippen molar-refractivity contribution in [2.75, 3.05) is 13.1 Å². The average molecular weight is 235 g/mol. The van der Waals surface area contributed by atoms with Crippen LogP contribution in [0.3, 0.4) is 0 Å². The highest BCUT2D eigenvalue weighted by Crippen LogP contribution is 2.32. The number of likely N-dealkylation sites (tertiary alicyclic amines) is 1. The maximum Gasteiger partial charge on any atom is 0.298 e. The van der Waals surface area contributed by atoms with Crippen molar-refractivity contribution in [1.29, 1.82) is 0 Å². The van der Waals surface area contributed by atoms with Gasteiger partial charge in [-0.3, -0.25) is 4.79 Å². The fraction of sp³-hybridized carbons (Fsp3) is 0.800. The second kappa shape index (κ2) is 6.69. The van der Waals surface area contributed by atoms with Crippen LogP contribution in [0.1, 0.15) is 47.0 Å². The Kier molecular flexibility index (Phi) is 5.55. The van der Waals surface area contributed by atoms with Crippen molar-refractivity contribution in [3.8, 4) is 11.8 Å². The lowest BCUT2D eigenvalue weighted by atomic mass is 9.76. The molecule has 0 aromatic carbocycles. The van der Waals surface area contributed by atoms with Crippen molar-refractivity contribution in [3.05, 3.63) is 0 Å². The van der Waals surface area contributed by atoms with E-state index in [2.05, 4.69) is 32.6 Å². The van der Waals surface area contributed by atoms with Crippen LogP contribution in [-0.4, -0.2) is 23.9 Å². The Labute approximate surface area is 106 Å². The molecule has 1 fully saturated rings. The fourth-order valence-electron chi connectivity index (χ4n) is 2.97. The molecule has 1 aliphatic heterocycles. The molecule has 2 unspecified atom stereocenters. The second-order valence-corrected chi connectivity index (χ2v) is 5.37. The molecular weight excluding hydrogens is 210 g/mol. The van der Waals surface area contributed by atoms with E-state index in [0.717, 1.165) is 31.3 Å². The van der Waals surface area contributed by atoms with E-state index in [1.165, 1.54) is 12.8 Å². The number of rotatable bonds is 3. The smallest absolute Gasteiger partial charge is 0.298 e. The summed E-state index contributed by atoms with van der Waals surface area (Å²) in [6.45, 7) is 10.3. The van der Waals surface area contributed by atoms with Gasteiger partial charge in [-0.2, -0.15) is 0 Å². The van der Waals surface area contributed by atoms with Gasteiger partial charge in [-0.1, -0.05) is 33.1 Å². The predicted octanol–water partition coefficient (Wildman–Crippen LogP) is 2.93. The minimum Gasteiger partial charge on any atom is -0.332 e. The summed E-state index contributed by atoms with van der Waals surface area (Å²) in [4.78, 5) is 13.7. The number of amides is 1. The predicted molar refractivity (Wildman–Crippen MR) is 71.4 cm³/mol. The Hall–Kier alpha value is -0.970. The van der Waals surface area contributed by atoms with Crippen LogP contribution in [0.2, 0.25) is 0 Å². The summed E-state index contributed by atoms with van der Waals surface area (Å²) < 4.78 is 0. The number of nitrogens with zero attached hydrogens (tertiary/aromatic N) is 1. The lowest BCUT2D eigenvalue weighted by Crippen LogP contribution is -2.44. The molecule has 0 saturated carbocycles. The minimum absolute atomic E-state index is 0.0100. The zero-order valence-corrected chi connectivity index (χ0v) is 11.6. The number of carbonyl (C=O) groups excluding carboxylic acids is 1. The van der Waals surface area contributed by atoms with Gasteiger partial charge in [-0.25, -0.2) is 0 Å². The van der Waals surface area contributed by atoms with Crippen molar-refractivity contribution in [2.24, 2.45) is 17.8 Å². The normalized spacial score (nSPS) is 24.4. The molecule has 1 heterocycles. The van der Waals surface area contributed by atoms with Gasteiger partial charge in [0.1, 0.15) is 0 Å². The Balaban J connectivity index is 2.66. The van der Waals surface area contributed by atoms with Crippen molar-refractivity contribution < 1.29 is 4.79 Å². The third-order valence-corrected chi connectivity index (χ3v) is 3.83.